The molecule has 5 rings (SSSR count). The van der Waals surface area contributed by atoms with Gasteiger partial charge in [0.05, 0.1) is 24.2 Å². The van der Waals surface area contributed by atoms with Crippen molar-refractivity contribution in [3.05, 3.63) is 65.4 Å². The smallest absolute Gasteiger partial charge is 0.160 e. The van der Waals surface area contributed by atoms with Crippen molar-refractivity contribution in [2.24, 2.45) is 0 Å². The van der Waals surface area contributed by atoms with Gasteiger partial charge in [0.25, 0.3) is 0 Å². The van der Waals surface area contributed by atoms with E-state index in [-0.39, 0.29) is 11.8 Å². The number of aromatic amines is 1. The van der Waals surface area contributed by atoms with Crippen LogP contribution < -0.4 is 10.1 Å². The summed E-state index contributed by atoms with van der Waals surface area (Å²) in [5, 5.41) is 14.7. The molecule has 0 fully saturated rings. The molecule has 0 spiro atoms. The van der Waals surface area contributed by atoms with E-state index in [9.17, 15) is 5.11 Å². The van der Waals surface area contributed by atoms with E-state index in [2.05, 4.69) is 32.4 Å². The number of nitrogens with zero attached hydrogens (tertiary/aromatic N) is 2. The summed E-state index contributed by atoms with van der Waals surface area (Å²) in [6.07, 6.45) is 9.87. The van der Waals surface area contributed by atoms with Gasteiger partial charge in [-0.3, -0.25) is 0 Å². The Bertz CT molecular complexity index is 1080. The van der Waals surface area contributed by atoms with E-state index < -0.39 is 0 Å². The number of fused-ring (bicyclic) bond motifs is 1. The highest BCUT2D eigenvalue weighted by Gasteiger charge is 2.28. The average molecular weight is 346 g/mol. The molecule has 2 aromatic heterocycles. The van der Waals surface area contributed by atoms with Crippen LogP contribution in [0.25, 0.3) is 16.6 Å². The van der Waals surface area contributed by atoms with Gasteiger partial charge in [0.1, 0.15) is 12.0 Å². The van der Waals surface area contributed by atoms with Crippen molar-refractivity contribution < 1.29 is 9.84 Å². The SMILES string of the molecule is COc1cc(C2NC3=C(CCC=C3)c3ncnc4[nH]cc2c34)ccc1O. The van der Waals surface area contributed by atoms with Crippen molar-refractivity contribution in [2.75, 3.05) is 7.11 Å². The van der Waals surface area contributed by atoms with Crippen LogP contribution in [0.15, 0.2) is 48.6 Å². The highest BCUT2D eigenvalue weighted by molar-refractivity contribution is 5.94. The lowest BCUT2D eigenvalue weighted by molar-refractivity contribution is 0.372. The lowest BCUT2D eigenvalue weighted by Crippen LogP contribution is -2.21. The molecule has 3 heterocycles. The maximum Gasteiger partial charge on any atom is 0.160 e. The Hall–Kier alpha value is -3.28. The largest absolute Gasteiger partial charge is 0.504 e. The number of allylic oxidation sites excluding steroid dienone is 3. The van der Waals surface area contributed by atoms with Gasteiger partial charge in [-0.05, 0) is 36.6 Å². The maximum atomic E-state index is 9.95. The van der Waals surface area contributed by atoms with Crippen molar-refractivity contribution in [1.82, 2.24) is 20.3 Å². The number of ether oxygens (including phenoxy) is 1. The molecule has 130 valence electrons. The Morgan fingerprint density at radius 1 is 1.27 bits per heavy atom. The van der Waals surface area contributed by atoms with Gasteiger partial charge in [-0.15, -0.1) is 0 Å². The number of hydrogen-bond acceptors (Lipinski definition) is 5. The van der Waals surface area contributed by atoms with Crippen LogP contribution in [-0.4, -0.2) is 27.2 Å². The Balaban J connectivity index is 1.77. The predicted octanol–water partition coefficient (Wildman–Crippen LogP) is 3.43. The molecule has 0 radical (unpaired) electrons. The highest BCUT2D eigenvalue weighted by atomic mass is 16.5. The molecule has 1 unspecified atom stereocenters. The molecule has 1 atom stereocenters. The molecule has 0 amide bonds. The number of H-pyrrole nitrogens is 1. The zero-order valence-corrected chi connectivity index (χ0v) is 14.3. The Labute approximate surface area is 150 Å². The Morgan fingerprint density at radius 2 is 2.19 bits per heavy atom. The molecule has 3 N–H and O–H groups in total. The van der Waals surface area contributed by atoms with Gasteiger partial charge in [-0.2, -0.15) is 0 Å². The second-order valence-corrected chi connectivity index (χ2v) is 6.53. The van der Waals surface area contributed by atoms with Gasteiger partial charge < -0.3 is 20.1 Å². The molecule has 2 aliphatic rings. The third-order valence-electron chi connectivity index (χ3n) is 5.10. The van der Waals surface area contributed by atoms with Crippen LogP contribution in [0.1, 0.15) is 35.7 Å². The van der Waals surface area contributed by atoms with E-state index in [0.717, 1.165) is 46.4 Å². The van der Waals surface area contributed by atoms with Crippen molar-refractivity contribution in [1.29, 1.82) is 0 Å². The molecule has 0 saturated carbocycles. The molecule has 0 bridgehead atoms. The zero-order valence-electron chi connectivity index (χ0n) is 14.3. The molecule has 0 saturated heterocycles. The number of rotatable bonds is 2. The number of hydrogen-bond donors (Lipinski definition) is 3. The third kappa shape index (κ3) is 2.12. The van der Waals surface area contributed by atoms with Gasteiger partial charge in [0.15, 0.2) is 11.5 Å². The number of nitrogens with one attached hydrogen (secondary N) is 2. The number of phenols is 1. The second kappa shape index (κ2) is 5.62. The molecule has 1 aromatic carbocycles. The predicted molar refractivity (Wildman–Crippen MR) is 98.8 cm³/mol. The van der Waals surface area contributed by atoms with Crippen LogP contribution in [0.2, 0.25) is 0 Å². The summed E-state index contributed by atoms with van der Waals surface area (Å²) < 4.78 is 5.30. The van der Waals surface area contributed by atoms with Gasteiger partial charge in [0.2, 0.25) is 0 Å². The first-order valence-corrected chi connectivity index (χ1v) is 8.61. The quantitative estimate of drug-likeness (QED) is 0.662. The Morgan fingerprint density at radius 3 is 3.08 bits per heavy atom. The molecule has 1 aliphatic carbocycles. The first-order valence-electron chi connectivity index (χ1n) is 8.61. The lowest BCUT2D eigenvalue weighted by atomic mass is 9.96. The van der Waals surface area contributed by atoms with E-state index >= 15 is 0 Å². The molecule has 6 heteroatoms. The summed E-state index contributed by atoms with van der Waals surface area (Å²) in [6, 6.07) is 5.35. The van der Waals surface area contributed by atoms with Crippen molar-refractivity contribution >= 4 is 16.6 Å². The molecule has 1 aliphatic heterocycles. The topological polar surface area (TPSA) is 83.1 Å². The first-order chi connectivity index (χ1) is 12.8. The minimum Gasteiger partial charge on any atom is -0.504 e. The van der Waals surface area contributed by atoms with Crippen LogP contribution in [-0.2, 0) is 0 Å². The number of methoxy groups -OCH3 is 1. The highest BCUT2D eigenvalue weighted by Crippen LogP contribution is 2.41. The van der Waals surface area contributed by atoms with E-state index in [0.29, 0.717) is 5.75 Å². The normalized spacial score (nSPS) is 18.4. The summed E-state index contributed by atoms with van der Waals surface area (Å²) in [5.41, 5.74) is 6.23. The van der Waals surface area contributed by atoms with E-state index in [1.165, 1.54) is 5.57 Å². The number of aromatic hydroxyl groups is 1. The molecular weight excluding hydrogens is 328 g/mol. The Kier molecular flexibility index (Phi) is 3.25. The summed E-state index contributed by atoms with van der Waals surface area (Å²) in [6.45, 7) is 0. The number of phenolic OH excluding ortho intramolecular Hbond substituents is 1. The summed E-state index contributed by atoms with van der Waals surface area (Å²) in [5.74, 6) is 0.587. The monoisotopic (exact) mass is 346 g/mol. The van der Waals surface area contributed by atoms with Gasteiger partial charge in [-0.1, -0.05) is 12.1 Å². The lowest BCUT2D eigenvalue weighted by Gasteiger charge is -2.22. The third-order valence-corrected chi connectivity index (χ3v) is 5.10. The fourth-order valence-electron chi connectivity index (χ4n) is 3.86. The van der Waals surface area contributed by atoms with Crippen LogP contribution >= 0.6 is 0 Å². The van der Waals surface area contributed by atoms with Gasteiger partial charge in [0, 0.05) is 23.0 Å². The van der Waals surface area contributed by atoms with E-state index in [4.69, 9.17) is 4.74 Å². The minimum atomic E-state index is -0.0988. The number of benzene rings is 1. The van der Waals surface area contributed by atoms with Crippen LogP contribution in [0.4, 0.5) is 0 Å². The molecule has 26 heavy (non-hydrogen) atoms. The standard InChI is InChI=1S/C20H18N4O2/c1-26-16-8-11(6-7-15(16)25)18-13-9-21-20-17(13)19(22-10-23-20)12-4-2-3-5-14(12)24-18/h3,5-10,18,24-25H,2,4H2,1H3,(H,21,22,23). The fraction of sp³-hybridized carbons (Fsp3) is 0.200. The molecule has 6 nitrogen and oxygen atoms in total. The zero-order chi connectivity index (χ0) is 17.7. The van der Waals surface area contributed by atoms with Crippen molar-refractivity contribution in [3.8, 4) is 11.5 Å². The van der Waals surface area contributed by atoms with Gasteiger partial charge >= 0.3 is 0 Å². The van der Waals surface area contributed by atoms with Crippen LogP contribution in [0.3, 0.4) is 0 Å². The summed E-state index contributed by atoms with van der Waals surface area (Å²) >= 11 is 0. The van der Waals surface area contributed by atoms with E-state index in [1.807, 2.05) is 18.3 Å². The molecular formula is C20H18N4O2. The average Bonchev–Trinajstić information content (AvgIpc) is 3.04. The van der Waals surface area contributed by atoms with Crippen molar-refractivity contribution in [2.45, 2.75) is 18.9 Å². The van der Waals surface area contributed by atoms with Crippen LogP contribution in [0, 0.1) is 0 Å². The van der Waals surface area contributed by atoms with E-state index in [1.54, 1.807) is 19.5 Å². The molecule has 3 aromatic rings. The van der Waals surface area contributed by atoms with Gasteiger partial charge in [-0.25, -0.2) is 9.97 Å². The van der Waals surface area contributed by atoms with Crippen LogP contribution in [0.5, 0.6) is 11.5 Å². The summed E-state index contributed by atoms with van der Waals surface area (Å²) in [4.78, 5) is 12.3. The van der Waals surface area contributed by atoms with Crippen molar-refractivity contribution in [3.63, 3.8) is 0 Å². The maximum absolute atomic E-state index is 9.95. The minimum absolute atomic E-state index is 0.0988. The second-order valence-electron chi connectivity index (χ2n) is 6.53. The fourth-order valence-corrected chi connectivity index (χ4v) is 3.86. The number of aromatic nitrogens is 3. The first kappa shape index (κ1) is 15.0. The summed E-state index contributed by atoms with van der Waals surface area (Å²) in [7, 11) is 1.56.